The molecular weight excluding hydrogens is 376 g/mol. The Labute approximate surface area is 165 Å². The van der Waals surface area contributed by atoms with Gasteiger partial charge in [-0.2, -0.15) is 8.78 Å². The Balaban J connectivity index is 1.80. The highest BCUT2D eigenvalue weighted by atomic mass is 19.3. The number of fused-ring (bicyclic) bond motifs is 1. The Morgan fingerprint density at radius 2 is 1.97 bits per heavy atom. The SMILES string of the molecule is Cc1cc(=O)[nH]cc1-c1ccc2nc(C)c(Cc3ccccc3OC(F)F)n2c1. The van der Waals surface area contributed by atoms with Gasteiger partial charge in [-0.05, 0) is 37.6 Å². The number of aromatic amines is 1. The van der Waals surface area contributed by atoms with Crippen LogP contribution in [0.25, 0.3) is 16.8 Å². The van der Waals surface area contributed by atoms with Crippen molar-refractivity contribution in [1.82, 2.24) is 14.4 Å². The summed E-state index contributed by atoms with van der Waals surface area (Å²) in [7, 11) is 0. The molecule has 1 N–H and O–H groups in total. The third-order valence-corrected chi connectivity index (χ3v) is 4.91. The summed E-state index contributed by atoms with van der Waals surface area (Å²) in [5.41, 5.74) is 5.65. The molecule has 0 fully saturated rings. The minimum atomic E-state index is -2.88. The maximum Gasteiger partial charge on any atom is 0.387 e. The van der Waals surface area contributed by atoms with E-state index in [4.69, 9.17) is 0 Å². The summed E-state index contributed by atoms with van der Waals surface area (Å²) in [5.74, 6) is 0.157. The normalized spacial score (nSPS) is 11.3. The van der Waals surface area contributed by atoms with Crippen LogP contribution in [0.1, 0.15) is 22.5 Å². The monoisotopic (exact) mass is 395 g/mol. The Kier molecular flexibility index (Phi) is 4.88. The van der Waals surface area contributed by atoms with Crippen molar-refractivity contribution in [2.75, 3.05) is 0 Å². The van der Waals surface area contributed by atoms with Crippen molar-refractivity contribution in [3.8, 4) is 16.9 Å². The van der Waals surface area contributed by atoms with Crippen LogP contribution in [-0.4, -0.2) is 21.0 Å². The number of hydrogen-bond donors (Lipinski definition) is 1. The van der Waals surface area contributed by atoms with Crippen molar-refractivity contribution in [2.24, 2.45) is 0 Å². The van der Waals surface area contributed by atoms with Crippen molar-refractivity contribution in [3.05, 3.63) is 87.7 Å². The van der Waals surface area contributed by atoms with E-state index in [9.17, 15) is 13.6 Å². The lowest BCUT2D eigenvalue weighted by atomic mass is 10.0. The molecule has 29 heavy (non-hydrogen) atoms. The van der Waals surface area contributed by atoms with Gasteiger partial charge < -0.3 is 14.1 Å². The molecule has 7 heteroatoms. The van der Waals surface area contributed by atoms with Gasteiger partial charge in [-0.25, -0.2) is 4.98 Å². The van der Waals surface area contributed by atoms with Crippen LogP contribution in [0.5, 0.6) is 5.75 Å². The van der Waals surface area contributed by atoms with Crippen molar-refractivity contribution in [2.45, 2.75) is 26.9 Å². The molecule has 0 aliphatic heterocycles. The molecule has 3 heterocycles. The summed E-state index contributed by atoms with van der Waals surface area (Å²) in [5, 5.41) is 0. The number of para-hydroxylation sites is 1. The first-order chi connectivity index (χ1) is 13.9. The van der Waals surface area contributed by atoms with Crippen molar-refractivity contribution in [3.63, 3.8) is 0 Å². The quantitative estimate of drug-likeness (QED) is 0.541. The van der Waals surface area contributed by atoms with E-state index in [1.165, 1.54) is 6.07 Å². The first-order valence-electron chi connectivity index (χ1n) is 9.12. The molecule has 148 valence electrons. The number of rotatable bonds is 5. The second-order valence-corrected chi connectivity index (χ2v) is 6.85. The van der Waals surface area contributed by atoms with Crippen LogP contribution in [0.3, 0.4) is 0 Å². The lowest BCUT2D eigenvalue weighted by molar-refractivity contribution is -0.0503. The van der Waals surface area contributed by atoms with Gasteiger partial charge in [0.05, 0.1) is 5.69 Å². The van der Waals surface area contributed by atoms with Crippen LogP contribution in [0.2, 0.25) is 0 Å². The molecular formula is C22H19F2N3O2. The van der Waals surface area contributed by atoms with Gasteiger partial charge in [0.25, 0.3) is 0 Å². The Morgan fingerprint density at radius 3 is 2.72 bits per heavy atom. The van der Waals surface area contributed by atoms with E-state index in [1.54, 1.807) is 30.5 Å². The number of ether oxygens (including phenoxy) is 1. The molecule has 0 amide bonds. The molecule has 4 rings (SSSR count). The van der Waals surface area contributed by atoms with E-state index in [0.29, 0.717) is 12.0 Å². The lowest BCUT2D eigenvalue weighted by Crippen LogP contribution is -2.06. The molecule has 0 aliphatic rings. The fraction of sp³-hybridized carbons (Fsp3) is 0.182. The molecule has 0 unspecified atom stereocenters. The van der Waals surface area contributed by atoms with Gasteiger partial charge in [0.15, 0.2) is 0 Å². The van der Waals surface area contributed by atoms with Crippen molar-refractivity contribution < 1.29 is 13.5 Å². The van der Waals surface area contributed by atoms with E-state index in [0.717, 1.165) is 33.7 Å². The number of pyridine rings is 2. The van der Waals surface area contributed by atoms with Crippen LogP contribution in [0.15, 0.2) is 59.7 Å². The van der Waals surface area contributed by atoms with Crippen molar-refractivity contribution >= 4 is 5.65 Å². The highest BCUT2D eigenvalue weighted by Crippen LogP contribution is 2.27. The van der Waals surface area contributed by atoms with Crippen LogP contribution in [0, 0.1) is 13.8 Å². The van der Waals surface area contributed by atoms with Gasteiger partial charge in [0.1, 0.15) is 11.4 Å². The fourth-order valence-corrected chi connectivity index (χ4v) is 3.51. The Morgan fingerprint density at radius 1 is 1.17 bits per heavy atom. The predicted molar refractivity (Wildman–Crippen MR) is 107 cm³/mol. The van der Waals surface area contributed by atoms with Gasteiger partial charge in [0, 0.05) is 47.3 Å². The molecule has 0 atom stereocenters. The molecule has 0 saturated heterocycles. The zero-order chi connectivity index (χ0) is 20.5. The number of halogens is 2. The molecule has 4 aromatic rings. The van der Waals surface area contributed by atoms with Gasteiger partial charge in [-0.1, -0.05) is 18.2 Å². The molecule has 0 spiro atoms. The zero-order valence-electron chi connectivity index (χ0n) is 15.9. The number of H-pyrrole nitrogens is 1. The maximum atomic E-state index is 12.8. The van der Waals surface area contributed by atoms with Crippen LogP contribution < -0.4 is 10.3 Å². The zero-order valence-corrected chi connectivity index (χ0v) is 15.9. The molecule has 0 radical (unpaired) electrons. The van der Waals surface area contributed by atoms with Gasteiger partial charge in [-0.15, -0.1) is 0 Å². The first-order valence-corrected chi connectivity index (χ1v) is 9.12. The van der Waals surface area contributed by atoms with Crippen LogP contribution >= 0.6 is 0 Å². The first kappa shape index (κ1) is 18.9. The number of benzene rings is 1. The van der Waals surface area contributed by atoms with E-state index in [-0.39, 0.29) is 11.3 Å². The van der Waals surface area contributed by atoms with Crippen LogP contribution in [0.4, 0.5) is 8.78 Å². The van der Waals surface area contributed by atoms with E-state index >= 15 is 0 Å². The molecule has 0 aliphatic carbocycles. The number of nitrogens with one attached hydrogen (secondary N) is 1. The van der Waals surface area contributed by atoms with Gasteiger partial charge >= 0.3 is 6.61 Å². The van der Waals surface area contributed by atoms with Crippen LogP contribution in [-0.2, 0) is 6.42 Å². The highest BCUT2D eigenvalue weighted by molar-refractivity contribution is 5.67. The van der Waals surface area contributed by atoms with E-state index in [1.807, 2.05) is 36.6 Å². The Hall–Kier alpha value is -3.48. The number of alkyl halides is 2. The molecule has 0 bridgehead atoms. The second-order valence-electron chi connectivity index (χ2n) is 6.85. The van der Waals surface area contributed by atoms with Crippen molar-refractivity contribution in [1.29, 1.82) is 0 Å². The average molecular weight is 395 g/mol. The average Bonchev–Trinajstić information content (AvgIpc) is 2.97. The number of nitrogens with zero attached hydrogens (tertiary/aromatic N) is 2. The molecule has 0 saturated carbocycles. The molecule has 5 nitrogen and oxygen atoms in total. The predicted octanol–water partition coefficient (Wildman–Crippen LogP) is 4.50. The third kappa shape index (κ3) is 3.76. The smallest absolute Gasteiger partial charge is 0.387 e. The third-order valence-electron chi connectivity index (χ3n) is 4.91. The Bertz CT molecular complexity index is 1240. The summed E-state index contributed by atoms with van der Waals surface area (Å²) in [4.78, 5) is 18.8. The summed E-state index contributed by atoms with van der Waals surface area (Å²) < 4.78 is 32.1. The van der Waals surface area contributed by atoms with Gasteiger partial charge in [0.2, 0.25) is 5.56 Å². The minimum absolute atomic E-state index is 0.151. The number of aromatic nitrogens is 3. The summed E-state index contributed by atoms with van der Waals surface area (Å²) in [6.07, 6.45) is 4.03. The topological polar surface area (TPSA) is 59.4 Å². The summed E-state index contributed by atoms with van der Waals surface area (Å²) >= 11 is 0. The minimum Gasteiger partial charge on any atom is -0.435 e. The maximum absolute atomic E-state index is 12.8. The largest absolute Gasteiger partial charge is 0.435 e. The lowest BCUT2D eigenvalue weighted by Gasteiger charge is -2.12. The number of aryl methyl sites for hydroxylation is 2. The highest BCUT2D eigenvalue weighted by Gasteiger charge is 2.15. The standard InChI is InChI=1S/C22H19F2N3O2/c1-13-9-21(28)25-11-17(13)16-7-8-20-26-14(2)18(27(20)12-16)10-15-5-3-4-6-19(15)29-22(23)24/h3-9,11-12,22H,10H2,1-2H3,(H,25,28). The van der Waals surface area contributed by atoms with E-state index < -0.39 is 6.61 Å². The summed E-state index contributed by atoms with van der Waals surface area (Å²) in [6.45, 7) is 0.894. The number of imidazole rings is 1. The fourth-order valence-electron chi connectivity index (χ4n) is 3.51. The molecule has 3 aromatic heterocycles. The number of hydrogen-bond acceptors (Lipinski definition) is 3. The van der Waals surface area contributed by atoms with Gasteiger partial charge in [-0.3, -0.25) is 4.79 Å². The molecule has 1 aromatic carbocycles. The van der Waals surface area contributed by atoms with E-state index in [2.05, 4.69) is 14.7 Å². The summed E-state index contributed by atoms with van der Waals surface area (Å²) in [6, 6.07) is 12.2. The second kappa shape index (κ2) is 7.50.